The summed E-state index contributed by atoms with van der Waals surface area (Å²) >= 11 is 5.22. The number of rotatable bonds is 2. The average Bonchev–Trinajstić information content (AvgIpc) is 2.61. The molecule has 0 nitrogen and oxygen atoms in total. The lowest BCUT2D eigenvalue weighted by Gasteiger charge is -1.95. The maximum Gasteiger partial charge on any atom is 0.0354 e. The molecule has 0 bridgehead atoms. The number of thiophene rings is 1. The van der Waals surface area contributed by atoms with Crippen LogP contribution in [0.15, 0.2) is 39.5 Å². The van der Waals surface area contributed by atoms with E-state index < -0.39 is 0 Å². The van der Waals surface area contributed by atoms with Crippen molar-refractivity contribution in [2.45, 2.75) is 6.92 Å². The van der Waals surface area contributed by atoms with Crippen LogP contribution in [0.5, 0.6) is 0 Å². The molecule has 15 heavy (non-hydrogen) atoms. The van der Waals surface area contributed by atoms with Crippen molar-refractivity contribution in [1.29, 1.82) is 0 Å². The van der Waals surface area contributed by atoms with Crippen LogP contribution in [0, 0.1) is 6.92 Å². The Balaban J connectivity index is 2.22. The summed E-state index contributed by atoms with van der Waals surface area (Å²) in [7, 11) is 0. The Morgan fingerprint density at radius 3 is 2.73 bits per heavy atom. The molecule has 0 aliphatic rings. The SMILES string of the molecule is Cc1cccc(/C=C/c2cscc2Br)c1. The molecule has 1 aromatic carbocycles. The van der Waals surface area contributed by atoms with E-state index in [-0.39, 0.29) is 0 Å². The third-order valence-corrected chi connectivity index (χ3v) is 3.89. The number of benzene rings is 1. The number of hydrogen-bond acceptors (Lipinski definition) is 1. The van der Waals surface area contributed by atoms with Crippen LogP contribution in [-0.4, -0.2) is 0 Å². The molecule has 0 spiro atoms. The Labute approximate surface area is 102 Å². The van der Waals surface area contributed by atoms with Crippen LogP contribution < -0.4 is 0 Å². The van der Waals surface area contributed by atoms with Gasteiger partial charge in [-0.2, -0.15) is 11.3 Å². The summed E-state index contributed by atoms with van der Waals surface area (Å²) in [6.07, 6.45) is 4.27. The molecule has 1 aromatic heterocycles. The highest BCUT2D eigenvalue weighted by molar-refractivity contribution is 9.10. The van der Waals surface area contributed by atoms with Gasteiger partial charge in [-0.15, -0.1) is 0 Å². The lowest BCUT2D eigenvalue weighted by atomic mass is 10.1. The zero-order valence-electron chi connectivity index (χ0n) is 8.41. The molecule has 0 radical (unpaired) electrons. The van der Waals surface area contributed by atoms with Crippen molar-refractivity contribution >= 4 is 39.4 Å². The molecule has 0 atom stereocenters. The Hall–Kier alpha value is -0.860. The first kappa shape index (κ1) is 10.7. The molecular formula is C13H11BrS. The molecule has 0 N–H and O–H groups in total. The van der Waals surface area contributed by atoms with Crippen LogP contribution in [0.25, 0.3) is 12.2 Å². The van der Waals surface area contributed by atoms with E-state index in [4.69, 9.17) is 0 Å². The summed E-state index contributed by atoms with van der Waals surface area (Å²) in [5.41, 5.74) is 3.77. The van der Waals surface area contributed by atoms with Crippen LogP contribution in [0.3, 0.4) is 0 Å². The molecule has 0 amide bonds. The van der Waals surface area contributed by atoms with E-state index in [1.54, 1.807) is 11.3 Å². The van der Waals surface area contributed by atoms with Gasteiger partial charge in [-0.25, -0.2) is 0 Å². The summed E-state index contributed by atoms with van der Waals surface area (Å²) in [5.74, 6) is 0. The maximum atomic E-state index is 3.51. The highest BCUT2D eigenvalue weighted by atomic mass is 79.9. The van der Waals surface area contributed by atoms with Crippen molar-refractivity contribution in [2.75, 3.05) is 0 Å². The van der Waals surface area contributed by atoms with Gasteiger partial charge in [0.25, 0.3) is 0 Å². The Morgan fingerprint density at radius 2 is 2.07 bits per heavy atom. The Morgan fingerprint density at radius 1 is 1.20 bits per heavy atom. The van der Waals surface area contributed by atoms with Crippen molar-refractivity contribution < 1.29 is 0 Å². The quantitative estimate of drug-likeness (QED) is 0.726. The number of halogens is 1. The molecule has 0 aliphatic carbocycles. The van der Waals surface area contributed by atoms with Gasteiger partial charge >= 0.3 is 0 Å². The molecule has 0 fully saturated rings. The van der Waals surface area contributed by atoms with Crippen molar-refractivity contribution in [3.8, 4) is 0 Å². The predicted molar refractivity (Wildman–Crippen MR) is 72.1 cm³/mol. The molecule has 2 heteroatoms. The molecule has 0 saturated heterocycles. The molecule has 1 heterocycles. The maximum absolute atomic E-state index is 3.51. The van der Waals surface area contributed by atoms with Gasteiger partial charge in [0, 0.05) is 9.85 Å². The minimum Gasteiger partial charge on any atom is -0.151 e. The summed E-state index contributed by atoms with van der Waals surface area (Å²) < 4.78 is 1.16. The van der Waals surface area contributed by atoms with Crippen LogP contribution in [0.4, 0.5) is 0 Å². The van der Waals surface area contributed by atoms with Gasteiger partial charge in [-0.05, 0) is 39.4 Å². The Kier molecular flexibility index (Phi) is 3.39. The van der Waals surface area contributed by atoms with E-state index >= 15 is 0 Å². The van der Waals surface area contributed by atoms with E-state index in [2.05, 4.69) is 70.0 Å². The van der Waals surface area contributed by atoms with Gasteiger partial charge in [-0.1, -0.05) is 42.0 Å². The van der Waals surface area contributed by atoms with Gasteiger partial charge in [0.15, 0.2) is 0 Å². The van der Waals surface area contributed by atoms with Crippen LogP contribution >= 0.6 is 27.3 Å². The topological polar surface area (TPSA) is 0 Å². The first-order chi connectivity index (χ1) is 7.25. The van der Waals surface area contributed by atoms with Crippen molar-refractivity contribution in [2.24, 2.45) is 0 Å². The third-order valence-electron chi connectivity index (χ3n) is 2.14. The van der Waals surface area contributed by atoms with Gasteiger partial charge in [-0.3, -0.25) is 0 Å². The summed E-state index contributed by atoms with van der Waals surface area (Å²) in [6.45, 7) is 2.11. The first-order valence-corrected chi connectivity index (χ1v) is 6.46. The zero-order valence-corrected chi connectivity index (χ0v) is 10.8. The smallest absolute Gasteiger partial charge is 0.0354 e. The number of aryl methyl sites for hydroxylation is 1. The fourth-order valence-electron chi connectivity index (χ4n) is 1.37. The fourth-order valence-corrected chi connectivity index (χ4v) is 2.77. The molecular weight excluding hydrogens is 268 g/mol. The lowest BCUT2D eigenvalue weighted by molar-refractivity contribution is 1.46. The zero-order chi connectivity index (χ0) is 10.7. The molecule has 0 aliphatic heterocycles. The van der Waals surface area contributed by atoms with Crippen LogP contribution in [-0.2, 0) is 0 Å². The van der Waals surface area contributed by atoms with Gasteiger partial charge in [0.2, 0.25) is 0 Å². The highest BCUT2D eigenvalue weighted by Gasteiger charge is 1.95. The second kappa shape index (κ2) is 4.77. The highest BCUT2D eigenvalue weighted by Crippen LogP contribution is 2.23. The van der Waals surface area contributed by atoms with Gasteiger partial charge in [0.1, 0.15) is 0 Å². The lowest BCUT2D eigenvalue weighted by Crippen LogP contribution is -1.74. The second-order valence-electron chi connectivity index (χ2n) is 3.42. The molecule has 2 aromatic rings. The summed E-state index contributed by atoms with van der Waals surface area (Å²) in [4.78, 5) is 0. The average molecular weight is 279 g/mol. The number of hydrogen-bond donors (Lipinski definition) is 0. The van der Waals surface area contributed by atoms with Gasteiger partial charge < -0.3 is 0 Å². The normalized spacial score (nSPS) is 11.1. The Bertz CT molecular complexity index is 483. The standard InChI is InChI=1S/C13H11BrS/c1-10-3-2-4-11(7-10)5-6-12-8-15-9-13(12)14/h2-9H,1H3/b6-5+. The minimum absolute atomic E-state index is 1.16. The molecule has 76 valence electrons. The van der Waals surface area contributed by atoms with E-state index in [9.17, 15) is 0 Å². The predicted octanol–water partition coefficient (Wildman–Crippen LogP) is 4.99. The summed E-state index contributed by atoms with van der Waals surface area (Å²) in [5, 5.41) is 4.23. The van der Waals surface area contributed by atoms with E-state index in [0.29, 0.717) is 0 Å². The fraction of sp³-hybridized carbons (Fsp3) is 0.0769. The van der Waals surface area contributed by atoms with Crippen molar-refractivity contribution in [1.82, 2.24) is 0 Å². The van der Waals surface area contributed by atoms with Crippen LogP contribution in [0.2, 0.25) is 0 Å². The van der Waals surface area contributed by atoms with E-state index in [1.165, 1.54) is 16.7 Å². The monoisotopic (exact) mass is 278 g/mol. The first-order valence-electron chi connectivity index (χ1n) is 4.72. The molecule has 0 saturated carbocycles. The van der Waals surface area contributed by atoms with Gasteiger partial charge in [0.05, 0.1) is 0 Å². The third kappa shape index (κ3) is 2.80. The van der Waals surface area contributed by atoms with Crippen molar-refractivity contribution in [3.05, 3.63) is 56.2 Å². The minimum atomic E-state index is 1.16. The molecule has 2 rings (SSSR count). The van der Waals surface area contributed by atoms with Crippen LogP contribution in [0.1, 0.15) is 16.7 Å². The van der Waals surface area contributed by atoms with E-state index in [0.717, 1.165) is 4.47 Å². The summed E-state index contributed by atoms with van der Waals surface area (Å²) in [6, 6.07) is 8.48. The largest absolute Gasteiger partial charge is 0.151 e. The van der Waals surface area contributed by atoms with E-state index in [1.807, 2.05) is 0 Å². The second-order valence-corrected chi connectivity index (χ2v) is 5.02. The molecule has 0 unspecified atom stereocenters. The van der Waals surface area contributed by atoms with Crippen molar-refractivity contribution in [3.63, 3.8) is 0 Å².